The van der Waals surface area contributed by atoms with E-state index in [0.717, 1.165) is 6.54 Å². The fraction of sp³-hybridized carbons (Fsp3) is 0.500. The SMILES string of the molecule is C=CCNC[NH]. The van der Waals surface area contributed by atoms with Crippen molar-refractivity contribution in [2.45, 2.75) is 0 Å². The highest BCUT2D eigenvalue weighted by atomic mass is 14.9. The Bertz CT molecular complexity index is 34.5. The monoisotopic (exact) mass is 85.1 g/mol. The van der Waals surface area contributed by atoms with Crippen LogP contribution in [-0.2, 0) is 0 Å². The van der Waals surface area contributed by atoms with Crippen LogP contribution in [0.3, 0.4) is 0 Å². The lowest BCUT2D eigenvalue weighted by molar-refractivity contribution is 0.760. The molecule has 0 rings (SSSR count). The van der Waals surface area contributed by atoms with Crippen LogP contribution in [-0.4, -0.2) is 13.2 Å². The summed E-state index contributed by atoms with van der Waals surface area (Å²) in [7, 11) is 0. The zero-order chi connectivity index (χ0) is 4.83. The molecule has 1 radical (unpaired) electrons. The molecule has 0 aliphatic rings. The van der Waals surface area contributed by atoms with E-state index in [2.05, 4.69) is 11.9 Å². The van der Waals surface area contributed by atoms with Gasteiger partial charge in [0.2, 0.25) is 0 Å². The summed E-state index contributed by atoms with van der Waals surface area (Å²) in [6, 6.07) is 0. The van der Waals surface area contributed by atoms with Gasteiger partial charge < -0.3 is 0 Å². The van der Waals surface area contributed by atoms with Crippen molar-refractivity contribution in [3.8, 4) is 0 Å². The second-order valence-electron chi connectivity index (χ2n) is 0.920. The second kappa shape index (κ2) is 4.66. The molecule has 2 heteroatoms. The molecule has 0 saturated heterocycles. The number of nitrogens with one attached hydrogen (secondary N) is 2. The first-order valence-electron chi connectivity index (χ1n) is 1.88. The van der Waals surface area contributed by atoms with Gasteiger partial charge in [0, 0.05) is 6.54 Å². The third-order valence-corrected chi connectivity index (χ3v) is 0.414. The second-order valence-corrected chi connectivity index (χ2v) is 0.920. The van der Waals surface area contributed by atoms with E-state index in [1.807, 2.05) is 0 Å². The molecular formula is C4H9N2. The van der Waals surface area contributed by atoms with Gasteiger partial charge in [-0.25, -0.2) is 5.73 Å². The molecule has 2 N–H and O–H groups in total. The Hall–Kier alpha value is -0.340. The van der Waals surface area contributed by atoms with Crippen molar-refractivity contribution < 1.29 is 0 Å². The molecule has 0 heterocycles. The number of rotatable bonds is 3. The van der Waals surface area contributed by atoms with Gasteiger partial charge >= 0.3 is 0 Å². The minimum Gasteiger partial charge on any atom is -0.300 e. The normalized spacial score (nSPS) is 8.17. The van der Waals surface area contributed by atoms with Crippen molar-refractivity contribution in [3.05, 3.63) is 12.7 Å². The molecule has 0 unspecified atom stereocenters. The molecule has 35 valence electrons. The van der Waals surface area contributed by atoms with Crippen LogP contribution in [0.25, 0.3) is 0 Å². The Kier molecular flexibility index (Phi) is 4.40. The molecule has 0 aromatic carbocycles. The number of hydrogen-bond donors (Lipinski definition) is 1. The van der Waals surface area contributed by atoms with Crippen molar-refractivity contribution >= 4 is 0 Å². The van der Waals surface area contributed by atoms with E-state index >= 15 is 0 Å². The van der Waals surface area contributed by atoms with Gasteiger partial charge in [0.05, 0.1) is 6.67 Å². The Morgan fingerprint density at radius 1 is 1.83 bits per heavy atom. The van der Waals surface area contributed by atoms with Crippen LogP contribution in [0, 0.1) is 0 Å². The summed E-state index contributed by atoms with van der Waals surface area (Å²) in [5, 5.41) is 2.75. The van der Waals surface area contributed by atoms with E-state index in [1.54, 1.807) is 6.08 Å². The van der Waals surface area contributed by atoms with Crippen LogP contribution in [0.5, 0.6) is 0 Å². The Labute approximate surface area is 38.0 Å². The smallest absolute Gasteiger partial charge is 0.0592 e. The molecule has 0 spiro atoms. The zero-order valence-corrected chi connectivity index (χ0v) is 3.70. The predicted octanol–water partition coefficient (Wildman–Crippen LogP) is 0.00240. The fourth-order valence-electron chi connectivity index (χ4n) is 0.174. The van der Waals surface area contributed by atoms with Gasteiger partial charge in [-0.2, -0.15) is 0 Å². The van der Waals surface area contributed by atoms with Crippen LogP contribution in [0.4, 0.5) is 0 Å². The predicted molar refractivity (Wildman–Crippen MR) is 26.2 cm³/mol. The van der Waals surface area contributed by atoms with E-state index in [-0.39, 0.29) is 6.67 Å². The van der Waals surface area contributed by atoms with Crippen molar-refractivity contribution in [2.75, 3.05) is 13.2 Å². The van der Waals surface area contributed by atoms with E-state index in [0.29, 0.717) is 0 Å². The molecule has 0 fully saturated rings. The van der Waals surface area contributed by atoms with Gasteiger partial charge in [0.15, 0.2) is 0 Å². The highest BCUT2D eigenvalue weighted by Gasteiger charge is 1.67. The van der Waals surface area contributed by atoms with Crippen molar-refractivity contribution in [1.29, 1.82) is 0 Å². The minimum atomic E-state index is 0.284. The molecule has 2 nitrogen and oxygen atoms in total. The summed E-state index contributed by atoms with van der Waals surface area (Å²) in [4.78, 5) is 0. The average Bonchev–Trinajstić information content (AvgIpc) is 1.61. The lowest BCUT2D eigenvalue weighted by Crippen LogP contribution is -2.14. The van der Waals surface area contributed by atoms with E-state index in [4.69, 9.17) is 5.73 Å². The van der Waals surface area contributed by atoms with Gasteiger partial charge in [-0.15, -0.1) is 6.58 Å². The fourth-order valence-corrected chi connectivity index (χ4v) is 0.174. The van der Waals surface area contributed by atoms with Crippen LogP contribution >= 0.6 is 0 Å². The maximum absolute atomic E-state index is 6.55. The molecule has 0 atom stereocenters. The first kappa shape index (κ1) is 5.66. The highest BCUT2D eigenvalue weighted by Crippen LogP contribution is 1.52. The van der Waals surface area contributed by atoms with Crippen molar-refractivity contribution in [3.63, 3.8) is 0 Å². The first-order chi connectivity index (χ1) is 2.91. The summed E-state index contributed by atoms with van der Waals surface area (Å²) < 4.78 is 0. The Morgan fingerprint density at radius 2 is 2.50 bits per heavy atom. The quantitative estimate of drug-likeness (QED) is 0.380. The maximum atomic E-state index is 6.55. The average molecular weight is 85.1 g/mol. The highest BCUT2D eigenvalue weighted by molar-refractivity contribution is 4.67. The van der Waals surface area contributed by atoms with Gasteiger partial charge in [0.25, 0.3) is 0 Å². The summed E-state index contributed by atoms with van der Waals surface area (Å²) in [5.41, 5.74) is 6.55. The largest absolute Gasteiger partial charge is 0.300 e. The summed E-state index contributed by atoms with van der Waals surface area (Å²) in [6.45, 7) is 4.48. The Morgan fingerprint density at radius 3 is 2.67 bits per heavy atom. The third-order valence-electron chi connectivity index (χ3n) is 0.414. The topological polar surface area (TPSA) is 35.8 Å². The maximum Gasteiger partial charge on any atom is 0.0592 e. The van der Waals surface area contributed by atoms with Crippen LogP contribution < -0.4 is 11.1 Å². The van der Waals surface area contributed by atoms with Crippen molar-refractivity contribution in [2.24, 2.45) is 0 Å². The van der Waals surface area contributed by atoms with E-state index < -0.39 is 0 Å². The zero-order valence-electron chi connectivity index (χ0n) is 3.70. The molecule has 0 aromatic heterocycles. The molecule has 0 aromatic rings. The molecule has 0 bridgehead atoms. The lowest BCUT2D eigenvalue weighted by Gasteiger charge is -1.87. The number of hydrogen-bond acceptors (Lipinski definition) is 1. The molecular weight excluding hydrogens is 76.1 g/mol. The minimum absolute atomic E-state index is 0.284. The summed E-state index contributed by atoms with van der Waals surface area (Å²) in [6.07, 6.45) is 1.73. The first-order valence-corrected chi connectivity index (χ1v) is 1.88. The standard InChI is InChI=1S/C4H9N2/c1-2-3-6-4-5/h2,5-6H,1,3-4H2. The molecule has 0 aliphatic heterocycles. The molecule has 0 saturated carbocycles. The van der Waals surface area contributed by atoms with Gasteiger partial charge in [0.1, 0.15) is 0 Å². The van der Waals surface area contributed by atoms with Gasteiger partial charge in [-0.05, 0) is 0 Å². The van der Waals surface area contributed by atoms with E-state index in [1.165, 1.54) is 0 Å². The van der Waals surface area contributed by atoms with Crippen LogP contribution in [0.2, 0.25) is 0 Å². The Balaban J connectivity index is 2.49. The molecule has 6 heavy (non-hydrogen) atoms. The van der Waals surface area contributed by atoms with E-state index in [9.17, 15) is 0 Å². The van der Waals surface area contributed by atoms with Crippen LogP contribution in [0.1, 0.15) is 0 Å². The van der Waals surface area contributed by atoms with Crippen LogP contribution in [0.15, 0.2) is 12.7 Å². The third kappa shape index (κ3) is 3.66. The summed E-state index contributed by atoms with van der Waals surface area (Å²) >= 11 is 0. The molecule has 0 aliphatic carbocycles. The van der Waals surface area contributed by atoms with Crippen molar-refractivity contribution in [1.82, 2.24) is 11.1 Å². The summed E-state index contributed by atoms with van der Waals surface area (Å²) in [5.74, 6) is 0. The molecule has 0 amide bonds. The van der Waals surface area contributed by atoms with Gasteiger partial charge in [-0.1, -0.05) is 6.08 Å². The van der Waals surface area contributed by atoms with Gasteiger partial charge in [-0.3, -0.25) is 5.32 Å². The lowest BCUT2D eigenvalue weighted by atomic mass is 10.6.